The normalized spacial score (nSPS) is 18.5. The number of aliphatic carboxylic acids is 1. The summed E-state index contributed by atoms with van der Waals surface area (Å²) in [6.07, 6.45) is 3.09. The van der Waals surface area contributed by atoms with E-state index in [1.165, 1.54) is 0 Å². The minimum absolute atomic E-state index is 0.0737. The van der Waals surface area contributed by atoms with Crippen LogP contribution in [0.2, 0.25) is 0 Å². The molecule has 0 aromatic heterocycles. The lowest BCUT2D eigenvalue weighted by Crippen LogP contribution is -2.51. The molecule has 6 heteroatoms. The maximum Gasteiger partial charge on any atom is 0.315 e. The molecule has 1 fully saturated rings. The van der Waals surface area contributed by atoms with Gasteiger partial charge in [-0.1, -0.05) is 6.42 Å². The predicted molar refractivity (Wildman–Crippen MR) is 73.1 cm³/mol. The molecule has 110 valence electrons. The number of carboxylic acids is 1. The molecule has 0 aliphatic heterocycles. The molecule has 0 bridgehead atoms. The van der Waals surface area contributed by atoms with E-state index in [4.69, 9.17) is 5.11 Å². The molecular formula is C13H25N3O3. The quantitative estimate of drug-likeness (QED) is 0.642. The lowest BCUT2D eigenvalue weighted by atomic mass is 9.69. The van der Waals surface area contributed by atoms with Crippen molar-refractivity contribution in [3.05, 3.63) is 0 Å². The second-order valence-corrected chi connectivity index (χ2v) is 5.76. The molecule has 19 heavy (non-hydrogen) atoms. The van der Waals surface area contributed by atoms with Gasteiger partial charge in [0.1, 0.15) is 0 Å². The number of urea groups is 1. The number of hydrogen-bond acceptors (Lipinski definition) is 3. The number of nitrogens with zero attached hydrogens (tertiary/aromatic N) is 1. The molecule has 3 N–H and O–H groups in total. The van der Waals surface area contributed by atoms with E-state index in [2.05, 4.69) is 15.5 Å². The van der Waals surface area contributed by atoms with Crippen LogP contribution in [0.4, 0.5) is 4.79 Å². The van der Waals surface area contributed by atoms with Gasteiger partial charge in [-0.3, -0.25) is 4.79 Å². The van der Waals surface area contributed by atoms with Gasteiger partial charge in [-0.25, -0.2) is 4.79 Å². The van der Waals surface area contributed by atoms with Crippen LogP contribution in [0.5, 0.6) is 0 Å². The predicted octanol–water partition coefficient (Wildman–Crippen LogP) is 0.881. The molecule has 1 rings (SSSR count). The third-order valence-corrected chi connectivity index (χ3v) is 3.74. The first-order chi connectivity index (χ1) is 8.85. The van der Waals surface area contributed by atoms with Crippen LogP contribution in [0.3, 0.4) is 0 Å². The molecule has 0 aromatic rings. The van der Waals surface area contributed by atoms with Crippen molar-refractivity contribution in [3.8, 4) is 0 Å². The average Bonchev–Trinajstić information content (AvgIpc) is 2.24. The highest BCUT2D eigenvalue weighted by atomic mass is 16.4. The Morgan fingerprint density at radius 3 is 2.42 bits per heavy atom. The summed E-state index contributed by atoms with van der Waals surface area (Å²) in [6.45, 7) is 3.06. The topological polar surface area (TPSA) is 81.7 Å². The van der Waals surface area contributed by atoms with Gasteiger partial charge in [0, 0.05) is 12.6 Å². The molecule has 6 nitrogen and oxygen atoms in total. The molecule has 1 saturated carbocycles. The summed E-state index contributed by atoms with van der Waals surface area (Å²) >= 11 is 0. The van der Waals surface area contributed by atoms with E-state index in [-0.39, 0.29) is 18.6 Å². The Labute approximate surface area is 114 Å². The van der Waals surface area contributed by atoms with E-state index in [9.17, 15) is 9.59 Å². The maximum absolute atomic E-state index is 11.7. The zero-order valence-electron chi connectivity index (χ0n) is 12.0. The number of nitrogens with one attached hydrogen (secondary N) is 2. The largest absolute Gasteiger partial charge is 0.481 e. The van der Waals surface area contributed by atoms with E-state index >= 15 is 0 Å². The van der Waals surface area contributed by atoms with Crippen molar-refractivity contribution in [1.29, 1.82) is 0 Å². The first kappa shape index (κ1) is 15.8. The van der Waals surface area contributed by atoms with E-state index in [1.54, 1.807) is 0 Å². The Kier molecular flexibility index (Phi) is 5.60. The summed E-state index contributed by atoms with van der Waals surface area (Å²) in [5.41, 5.74) is -0.732. The van der Waals surface area contributed by atoms with Crippen LogP contribution in [-0.2, 0) is 4.79 Å². The molecule has 0 aromatic carbocycles. The van der Waals surface area contributed by atoms with E-state index in [1.807, 2.05) is 21.0 Å². The van der Waals surface area contributed by atoms with Crippen LogP contribution in [0, 0.1) is 5.41 Å². The number of carboxylic acid groups (broad SMARTS) is 1. The van der Waals surface area contributed by atoms with Gasteiger partial charge >= 0.3 is 12.0 Å². The summed E-state index contributed by atoms with van der Waals surface area (Å²) in [5, 5.41) is 14.7. The zero-order chi connectivity index (χ0) is 14.5. The fraction of sp³-hybridized carbons (Fsp3) is 0.846. The Balaban J connectivity index is 2.26. The van der Waals surface area contributed by atoms with Crippen molar-refractivity contribution in [2.45, 2.75) is 38.6 Å². The number of rotatable bonds is 7. The Morgan fingerprint density at radius 1 is 1.37 bits per heavy atom. The van der Waals surface area contributed by atoms with Crippen molar-refractivity contribution >= 4 is 12.0 Å². The van der Waals surface area contributed by atoms with Crippen molar-refractivity contribution in [2.24, 2.45) is 5.41 Å². The molecular weight excluding hydrogens is 246 g/mol. The molecule has 1 aliphatic carbocycles. The number of hydrogen-bond donors (Lipinski definition) is 3. The first-order valence-electron chi connectivity index (χ1n) is 6.78. The highest BCUT2D eigenvalue weighted by Gasteiger charge is 2.44. The highest BCUT2D eigenvalue weighted by Crippen LogP contribution is 2.40. The molecule has 0 heterocycles. The summed E-state index contributed by atoms with van der Waals surface area (Å²) in [7, 11) is 3.97. The van der Waals surface area contributed by atoms with Gasteiger partial charge in [-0.15, -0.1) is 0 Å². The monoisotopic (exact) mass is 271 g/mol. The number of carbonyl (C=O) groups is 2. The van der Waals surface area contributed by atoms with Gasteiger partial charge in [0.05, 0.1) is 5.41 Å². The van der Waals surface area contributed by atoms with Crippen LogP contribution >= 0.6 is 0 Å². The zero-order valence-corrected chi connectivity index (χ0v) is 12.0. The van der Waals surface area contributed by atoms with Crippen LogP contribution in [-0.4, -0.2) is 55.2 Å². The van der Waals surface area contributed by atoms with Crippen molar-refractivity contribution in [1.82, 2.24) is 15.5 Å². The third-order valence-electron chi connectivity index (χ3n) is 3.74. The first-order valence-corrected chi connectivity index (χ1v) is 6.78. The summed E-state index contributed by atoms with van der Waals surface area (Å²) in [4.78, 5) is 24.9. The van der Waals surface area contributed by atoms with E-state index < -0.39 is 11.4 Å². The van der Waals surface area contributed by atoms with Gasteiger partial charge in [-0.05, 0) is 46.8 Å². The van der Waals surface area contributed by atoms with Crippen LogP contribution in [0.1, 0.15) is 32.6 Å². The second-order valence-electron chi connectivity index (χ2n) is 5.76. The fourth-order valence-electron chi connectivity index (χ4n) is 2.12. The van der Waals surface area contributed by atoms with Gasteiger partial charge in [0.25, 0.3) is 0 Å². The standard InChI is InChI=1S/C13H25N3O3/c1-10(5-8-16(2)3)15-12(19)14-9-13(11(17)18)6-4-7-13/h10H,4-9H2,1-3H3,(H,17,18)(H2,14,15,19). The number of amides is 2. The van der Waals surface area contributed by atoms with Gasteiger partial charge in [-0.2, -0.15) is 0 Å². The maximum atomic E-state index is 11.7. The van der Waals surface area contributed by atoms with Crippen LogP contribution in [0.15, 0.2) is 0 Å². The minimum Gasteiger partial charge on any atom is -0.481 e. The van der Waals surface area contributed by atoms with Crippen LogP contribution in [0.25, 0.3) is 0 Å². The van der Waals surface area contributed by atoms with Crippen molar-refractivity contribution in [3.63, 3.8) is 0 Å². The summed E-state index contributed by atoms with van der Waals surface area (Å²) < 4.78 is 0. The summed E-state index contributed by atoms with van der Waals surface area (Å²) in [6, 6.07) is -0.205. The Bertz CT molecular complexity index is 327. The lowest BCUT2D eigenvalue weighted by Gasteiger charge is -2.37. The smallest absolute Gasteiger partial charge is 0.315 e. The number of carbonyl (C=O) groups excluding carboxylic acids is 1. The van der Waals surface area contributed by atoms with Gasteiger partial charge < -0.3 is 20.6 Å². The Morgan fingerprint density at radius 2 is 2.00 bits per heavy atom. The second kappa shape index (κ2) is 6.75. The van der Waals surface area contributed by atoms with E-state index in [0.29, 0.717) is 12.8 Å². The molecule has 1 atom stereocenters. The summed E-state index contributed by atoms with van der Waals surface area (Å²) in [5.74, 6) is -0.806. The van der Waals surface area contributed by atoms with E-state index in [0.717, 1.165) is 19.4 Å². The van der Waals surface area contributed by atoms with Gasteiger partial charge in [0.15, 0.2) is 0 Å². The molecule has 1 unspecified atom stereocenters. The minimum atomic E-state index is -0.806. The van der Waals surface area contributed by atoms with Crippen molar-refractivity contribution < 1.29 is 14.7 Å². The average molecular weight is 271 g/mol. The van der Waals surface area contributed by atoms with Crippen molar-refractivity contribution in [2.75, 3.05) is 27.2 Å². The Hall–Kier alpha value is -1.30. The SMILES string of the molecule is CC(CCN(C)C)NC(=O)NCC1(C(=O)O)CCC1. The van der Waals surface area contributed by atoms with Gasteiger partial charge in [0.2, 0.25) is 0 Å². The lowest BCUT2D eigenvalue weighted by molar-refractivity contribution is -0.153. The molecule has 2 amide bonds. The van der Waals surface area contributed by atoms with Crippen LogP contribution < -0.4 is 10.6 Å². The molecule has 0 saturated heterocycles. The third kappa shape index (κ3) is 4.70. The fourth-order valence-corrected chi connectivity index (χ4v) is 2.12. The molecule has 0 spiro atoms. The molecule has 0 radical (unpaired) electrons. The highest BCUT2D eigenvalue weighted by molar-refractivity contribution is 5.78. The molecule has 1 aliphatic rings.